The summed E-state index contributed by atoms with van der Waals surface area (Å²) >= 11 is 6.31. The third-order valence-corrected chi connectivity index (χ3v) is 3.58. The first kappa shape index (κ1) is 15.0. The number of nitrogens with zero attached hydrogens (tertiary/aromatic N) is 3. The minimum absolute atomic E-state index is 0.0806. The molecule has 5 nitrogen and oxygen atoms in total. The number of halogens is 1. The van der Waals surface area contributed by atoms with Crippen LogP contribution in [0.15, 0.2) is 24.5 Å². The van der Waals surface area contributed by atoms with E-state index in [-0.39, 0.29) is 6.04 Å². The molecule has 0 amide bonds. The summed E-state index contributed by atoms with van der Waals surface area (Å²) in [6, 6.07) is 5.89. The lowest BCUT2D eigenvalue weighted by Gasteiger charge is -2.18. The Labute approximate surface area is 124 Å². The maximum atomic E-state index is 6.31. The number of aromatic nitrogens is 3. The predicted molar refractivity (Wildman–Crippen MR) is 80.3 cm³/mol. The molecule has 6 heteroatoms. The number of benzene rings is 1. The van der Waals surface area contributed by atoms with Crippen molar-refractivity contribution in [3.63, 3.8) is 0 Å². The number of hydrogen-bond donors (Lipinski definition) is 2. The van der Waals surface area contributed by atoms with Gasteiger partial charge < -0.3 is 0 Å². The fraction of sp³-hybridized carbons (Fsp3) is 0.429. The zero-order valence-electron chi connectivity index (χ0n) is 11.8. The van der Waals surface area contributed by atoms with Gasteiger partial charge in [0.25, 0.3) is 0 Å². The van der Waals surface area contributed by atoms with Crippen molar-refractivity contribution in [2.45, 2.75) is 39.3 Å². The SMILES string of the molecule is CCCn1ncnc1CC(NN)c1ccc(C)cc1Cl. The number of hydrazine groups is 1. The van der Waals surface area contributed by atoms with Gasteiger partial charge in [-0.2, -0.15) is 5.10 Å². The molecule has 108 valence electrons. The Morgan fingerprint density at radius 3 is 2.90 bits per heavy atom. The van der Waals surface area contributed by atoms with Gasteiger partial charge in [0, 0.05) is 18.0 Å². The van der Waals surface area contributed by atoms with Crippen LogP contribution < -0.4 is 11.3 Å². The van der Waals surface area contributed by atoms with Crippen LogP contribution in [0.5, 0.6) is 0 Å². The van der Waals surface area contributed by atoms with Crippen molar-refractivity contribution in [1.29, 1.82) is 0 Å². The zero-order valence-corrected chi connectivity index (χ0v) is 12.6. The first-order valence-electron chi connectivity index (χ1n) is 6.74. The Bertz CT molecular complexity index is 566. The van der Waals surface area contributed by atoms with Gasteiger partial charge in [-0.25, -0.2) is 4.98 Å². The first-order chi connectivity index (χ1) is 9.65. The summed E-state index contributed by atoms with van der Waals surface area (Å²) in [5, 5.41) is 4.94. The van der Waals surface area contributed by atoms with Crippen molar-refractivity contribution in [3.8, 4) is 0 Å². The highest BCUT2D eigenvalue weighted by molar-refractivity contribution is 6.31. The molecule has 0 spiro atoms. The van der Waals surface area contributed by atoms with E-state index >= 15 is 0 Å². The van der Waals surface area contributed by atoms with Crippen LogP contribution in [0, 0.1) is 6.92 Å². The van der Waals surface area contributed by atoms with Crippen molar-refractivity contribution in [3.05, 3.63) is 46.5 Å². The molecule has 0 radical (unpaired) electrons. The predicted octanol–water partition coefficient (Wildman–Crippen LogP) is 2.40. The van der Waals surface area contributed by atoms with E-state index in [1.54, 1.807) is 6.33 Å². The van der Waals surface area contributed by atoms with Crippen LogP contribution in [0.25, 0.3) is 0 Å². The summed E-state index contributed by atoms with van der Waals surface area (Å²) in [5.41, 5.74) is 4.93. The van der Waals surface area contributed by atoms with Crippen molar-refractivity contribution >= 4 is 11.6 Å². The summed E-state index contributed by atoms with van der Waals surface area (Å²) in [7, 11) is 0. The molecule has 1 unspecified atom stereocenters. The molecule has 1 heterocycles. The van der Waals surface area contributed by atoms with Gasteiger partial charge in [-0.15, -0.1) is 0 Å². The van der Waals surface area contributed by atoms with Gasteiger partial charge in [0.15, 0.2) is 0 Å². The van der Waals surface area contributed by atoms with Crippen molar-refractivity contribution in [2.75, 3.05) is 0 Å². The third kappa shape index (κ3) is 3.36. The molecule has 1 atom stereocenters. The molecule has 1 aromatic carbocycles. The Morgan fingerprint density at radius 2 is 2.25 bits per heavy atom. The molecule has 0 aliphatic heterocycles. The van der Waals surface area contributed by atoms with Crippen molar-refractivity contribution < 1.29 is 0 Å². The molecule has 0 fully saturated rings. The third-order valence-electron chi connectivity index (χ3n) is 3.25. The minimum atomic E-state index is -0.0806. The molecular weight excluding hydrogens is 274 g/mol. The molecule has 0 saturated carbocycles. The molecule has 0 saturated heterocycles. The Balaban J connectivity index is 2.22. The molecule has 20 heavy (non-hydrogen) atoms. The Kier molecular flexibility index (Phi) is 5.11. The van der Waals surface area contributed by atoms with E-state index in [1.807, 2.05) is 29.8 Å². The number of nitrogens with two attached hydrogens (primary N) is 1. The van der Waals surface area contributed by atoms with Gasteiger partial charge in [-0.3, -0.25) is 16.0 Å². The number of nitrogens with one attached hydrogen (secondary N) is 1. The lowest BCUT2D eigenvalue weighted by molar-refractivity contribution is 0.499. The van der Waals surface area contributed by atoms with Gasteiger partial charge in [-0.1, -0.05) is 30.7 Å². The smallest absolute Gasteiger partial charge is 0.138 e. The van der Waals surface area contributed by atoms with Crippen molar-refractivity contribution in [2.24, 2.45) is 5.84 Å². The maximum Gasteiger partial charge on any atom is 0.138 e. The quantitative estimate of drug-likeness (QED) is 0.634. The highest BCUT2D eigenvalue weighted by Gasteiger charge is 2.17. The van der Waals surface area contributed by atoms with E-state index in [0.717, 1.165) is 34.9 Å². The number of aryl methyl sites for hydroxylation is 2. The average molecular weight is 294 g/mol. The first-order valence-corrected chi connectivity index (χ1v) is 7.12. The van der Waals surface area contributed by atoms with Gasteiger partial charge in [0.1, 0.15) is 12.2 Å². The fourth-order valence-electron chi connectivity index (χ4n) is 2.20. The van der Waals surface area contributed by atoms with Crippen LogP contribution in [0.3, 0.4) is 0 Å². The fourth-order valence-corrected chi connectivity index (χ4v) is 2.57. The highest BCUT2D eigenvalue weighted by atomic mass is 35.5. The van der Waals surface area contributed by atoms with Crippen LogP contribution in [0.2, 0.25) is 5.02 Å². The maximum absolute atomic E-state index is 6.31. The van der Waals surface area contributed by atoms with Gasteiger partial charge in [-0.05, 0) is 30.5 Å². The molecule has 2 rings (SSSR count). The summed E-state index contributed by atoms with van der Waals surface area (Å²) in [6.45, 7) is 4.98. The summed E-state index contributed by atoms with van der Waals surface area (Å²) < 4.78 is 1.91. The monoisotopic (exact) mass is 293 g/mol. The van der Waals surface area contributed by atoms with Crippen LogP contribution in [0.1, 0.15) is 36.3 Å². The van der Waals surface area contributed by atoms with E-state index in [0.29, 0.717) is 6.42 Å². The normalized spacial score (nSPS) is 12.6. The van der Waals surface area contributed by atoms with Gasteiger partial charge in [0.05, 0.1) is 6.04 Å². The van der Waals surface area contributed by atoms with Crippen LogP contribution in [-0.2, 0) is 13.0 Å². The summed E-state index contributed by atoms with van der Waals surface area (Å²) in [6.07, 6.45) is 3.25. The van der Waals surface area contributed by atoms with E-state index in [4.69, 9.17) is 17.4 Å². The molecule has 1 aromatic heterocycles. The van der Waals surface area contributed by atoms with E-state index in [9.17, 15) is 0 Å². The molecule has 0 aliphatic rings. The standard InChI is InChI=1S/C14H20ClN5/c1-3-6-20-14(17-9-18-20)8-13(19-16)11-5-4-10(2)7-12(11)15/h4-5,7,9,13,19H,3,6,8,16H2,1-2H3. The molecule has 3 N–H and O–H groups in total. The largest absolute Gasteiger partial charge is 0.271 e. The second kappa shape index (κ2) is 6.83. The van der Waals surface area contributed by atoms with Crippen LogP contribution >= 0.6 is 11.6 Å². The average Bonchev–Trinajstić information content (AvgIpc) is 2.84. The molecule has 0 aliphatic carbocycles. The molecule has 0 bridgehead atoms. The van der Waals surface area contributed by atoms with Crippen LogP contribution in [-0.4, -0.2) is 14.8 Å². The van der Waals surface area contributed by atoms with Gasteiger partial charge >= 0.3 is 0 Å². The summed E-state index contributed by atoms with van der Waals surface area (Å²) in [5.74, 6) is 6.60. The lowest BCUT2D eigenvalue weighted by atomic mass is 10.0. The molecule has 2 aromatic rings. The van der Waals surface area contributed by atoms with Crippen molar-refractivity contribution in [1.82, 2.24) is 20.2 Å². The highest BCUT2D eigenvalue weighted by Crippen LogP contribution is 2.25. The second-order valence-corrected chi connectivity index (χ2v) is 5.25. The van der Waals surface area contributed by atoms with Crippen LogP contribution in [0.4, 0.5) is 0 Å². The second-order valence-electron chi connectivity index (χ2n) is 4.85. The van der Waals surface area contributed by atoms with Gasteiger partial charge in [0.2, 0.25) is 0 Å². The lowest BCUT2D eigenvalue weighted by Crippen LogP contribution is -2.30. The molecular formula is C14H20ClN5. The summed E-state index contributed by atoms with van der Waals surface area (Å²) in [4.78, 5) is 4.31. The Hall–Kier alpha value is -1.43. The zero-order chi connectivity index (χ0) is 14.5. The van der Waals surface area contributed by atoms with E-state index in [2.05, 4.69) is 22.4 Å². The van der Waals surface area contributed by atoms with E-state index in [1.165, 1.54) is 0 Å². The minimum Gasteiger partial charge on any atom is -0.271 e. The topological polar surface area (TPSA) is 68.8 Å². The Morgan fingerprint density at radius 1 is 1.45 bits per heavy atom. The van der Waals surface area contributed by atoms with E-state index < -0.39 is 0 Å². The number of rotatable bonds is 6. The number of hydrogen-bond acceptors (Lipinski definition) is 4.